The maximum atomic E-state index is 11.3. The van der Waals surface area contributed by atoms with Crippen molar-refractivity contribution in [2.75, 3.05) is 6.61 Å². The number of carbonyl (C=O) groups is 1. The normalized spacial score (nSPS) is 25.1. The van der Waals surface area contributed by atoms with Crippen LogP contribution in [-0.2, 0) is 9.22 Å². The Morgan fingerprint density at radius 3 is 2.47 bits per heavy atom. The van der Waals surface area contributed by atoms with Crippen LogP contribution in [0.4, 0.5) is 0 Å². The van der Waals surface area contributed by atoms with E-state index in [2.05, 4.69) is 45.8 Å². The Morgan fingerprint density at radius 1 is 1.47 bits per heavy atom. The lowest BCUT2D eigenvalue weighted by Gasteiger charge is -2.38. The molecule has 1 amide bonds. The van der Waals surface area contributed by atoms with Crippen molar-refractivity contribution in [3.05, 3.63) is 12.7 Å². The highest BCUT2D eigenvalue weighted by atomic mass is 28.4. The van der Waals surface area contributed by atoms with Crippen LogP contribution in [0.1, 0.15) is 27.2 Å². The molecule has 1 N–H and O–H groups in total. The highest BCUT2D eigenvalue weighted by Gasteiger charge is 2.39. The molecule has 1 heterocycles. The Labute approximate surface area is 106 Å². The Bertz CT molecular complexity index is 307. The average Bonchev–Trinajstić information content (AvgIpc) is 2.18. The summed E-state index contributed by atoms with van der Waals surface area (Å²) in [5.74, 6) is 0.200. The third-order valence-electron chi connectivity index (χ3n) is 4.03. The highest BCUT2D eigenvalue weighted by molar-refractivity contribution is 6.74. The molecular weight excluding hydrogens is 230 g/mol. The van der Waals surface area contributed by atoms with Crippen LogP contribution in [-0.4, -0.2) is 26.9 Å². The molecule has 0 aliphatic carbocycles. The molecule has 0 aromatic heterocycles. The summed E-state index contributed by atoms with van der Waals surface area (Å²) in [6, 6.07) is 0.144. The lowest BCUT2D eigenvalue weighted by Crippen LogP contribution is -2.57. The van der Waals surface area contributed by atoms with Gasteiger partial charge < -0.3 is 9.74 Å². The lowest BCUT2D eigenvalue weighted by molar-refractivity contribution is -0.134. The minimum atomic E-state index is -1.67. The third kappa shape index (κ3) is 3.19. The minimum Gasteiger partial charge on any atom is -0.417 e. The van der Waals surface area contributed by atoms with Gasteiger partial charge in [-0.1, -0.05) is 26.8 Å². The zero-order valence-electron chi connectivity index (χ0n) is 11.7. The van der Waals surface area contributed by atoms with E-state index in [0.29, 0.717) is 6.61 Å². The number of hydrogen-bond acceptors (Lipinski definition) is 2. The Balaban J connectivity index is 2.38. The maximum absolute atomic E-state index is 11.3. The zero-order valence-corrected chi connectivity index (χ0v) is 12.7. The van der Waals surface area contributed by atoms with E-state index in [4.69, 9.17) is 4.43 Å². The van der Waals surface area contributed by atoms with Crippen molar-refractivity contribution in [2.45, 2.75) is 51.4 Å². The minimum absolute atomic E-state index is 0.0669. The van der Waals surface area contributed by atoms with Crippen LogP contribution in [0, 0.1) is 5.92 Å². The predicted molar refractivity (Wildman–Crippen MR) is 73.4 cm³/mol. The number of amides is 1. The SMILES string of the molecule is C=C[C@H]1NC(=O)C1CCO[Si](C)(C)C(C)(C)C. The first kappa shape index (κ1) is 14.4. The number of nitrogens with one attached hydrogen (secondary N) is 1. The van der Waals surface area contributed by atoms with Gasteiger partial charge in [0.2, 0.25) is 5.91 Å². The van der Waals surface area contributed by atoms with E-state index in [1.165, 1.54) is 0 Å². The molecule has 17 heavy (non-hydrogen) atoms. The van der Waals surface area contributed by atoms with Crippen molar-refractivity contribution >= 4 is 14.2 Å². The summed E-state index contributed by atoms with van der Waals surface area (Å²) >= 11 is 0. The monoisotopic (exact) mass is 255 g/mol. The molecule has 1 unspecified atom stereocenters. The van der Waals surface area contributed by atoms with E-state index in [-0.39, 0.29) is 22.9 Å². The predicted octanol–water partition coefficient (Wildman–Crippen LogP) is 2.70. The molecule has 4 heteroatoms. The van der Waals surface area contributed by atoms with Gasteiger partial charge in [-0.3, -0.25) is 4.79 Å². The molecule has 3 nitrogen and oxygen atoms in total. The average molecular weight is 255 g/mol. The summed E-state index contributed by atoms with van der Waals surface area (Å²) in [5.41, 5.74) is 0. The maximum Gasteiger partial charge on any atom is 0.226 e. The van der Waals surface area contributed by atoms with E-state index in [1.807, 2.05) is 0 Å². The first-order chi connectivity index (χ1) is 7.69. The molecule has 1 rings (SSSR count). The van der Waals surface area contributed by atoms with Crippen molar-refractivity contribution in [3.63, 3.8) is 0 Å². The van der Waals surface area contributed by atoms with Crippen molar-refractivity contribution in [1.82, 2.24) is 5.32 Å². The second-order valence-corrected chi connectivity index (χ2v) is 11.1. The zero-order chi connectivity index (χ0) is 13.3. The number of carbonyl (C=O) groups excluding carboxylic acids is 1. The molecule has 1 fully saturated rings. The fourth-order valence-electron chi connectivity index (χ4n) is 1.63. The molecule has 1 aliphatic rings. The standard InChI is InChI=1S/C13H25NO2Si/c1-7-11-10(12(15)14-11)8-9-16-17(5,6)13(2,3)4/h7,10-11H,1,8-9H2,2-6H3,(H,14,15)/t10?,11-/m1/s1. The van der Waals surface area contributed by atoms with Crippen LogP contribution in [0.3, 0.4) is 0 Å². The quantitative estimate of drug-likeness (QED) is 0.466. The van der Waals surface area contributed by atoms with Crippen LogP contribution < -0.4 is 5.32 Å². The Morgan fingerprint density at radius 2 is 2.06 bits per heavy atom. The smallest absolute Gasteiger partial charge is 0.226 e. The summed E-state index contributed by atoms with van der Waals surface area (Å²) in [4.78, 5) is 11.3. The van der Waals surface area contributed by atoms with Crippen molar-refractivity contribution in [1.29, 1.82) is 0 Å². The number of hydrogen-bond donors (Lipinski definition) is 1. The first-order valence-electron chi connectivity index (χ1n) is 6.26. The van der Waals surface area contributed by atoms with Gasteiger partial charge in [0.15, 0.2) is 8.32 Å². The summed E-state index contributed by atoms with van der Waals surface area (Å²) in [7, 11) is -1.67. The molecule has 0 bridgehead atoms. The van der Waals surface area contributed by atoms with Gasteiger partial charge in [0.05, 0.1) is 12.0 Å². The van der Waals surface area contributed by atoms with Gasteiger partial charge in [-0.2, -0.15) is 0 Å². The number of β-lactam (4-membered cyclic amide) rings is 1. The molecule has 1 aliphatic heterocycles. The molecule has 0 radical (unpaired) electrons. The van der Waals surface area contributed by atoms with Crippen molar-refractivity contribution < 1.29 is 9.22 Å². The van der Waals surface area contributed by atoms with Gasteiger partial charge in [0, 0.05) is 6.61 Å². The second kappa shape index (κ2) is 4.94. The summed E-state index contributed by atoms with van der Waals surface area (Å²) in [5, 5.41) is 3.05. The van der Waals surface area contributed by atoms with E-state index < -0.39 is 8.32 Å². The lowest BCUT2D eigenvalue weighted by atomic mass is 9.88. The van der Waals surface area contributed by atoms with Gasteiger partial charge >= 0.3 is 0 Å². The topological polar surface area (TPSA) is 38.3 Å². The summed E-state index contributed by atoms with van der Waals surface area (Å²) < 4.78 is 6.07. The van der Waals surface area contributed by atoms with Gasteiger partial charge in [-0.05, 0) is 24.6 Å². The molecule has 2 atom stereocenters. The van der Waals surface area contributed by atoms with Gasteiger partial charge in [0.25, 0.3) is 0 Å². The van der Waals surface area contributed by atoms with Crippen LogP contribution in [0.2, 0.25) is 18.1 Å². The van der Waals surface area contributed by atoms with Crippen LogP contribution in [0.25, 0.3) is 0 Å². The largest absolute Gasteiger partial charge is 0.417 e. The molecule has 0 saturated carbocycles. The fourth-order valence-corrected chi connectivity index (χ4v) is 2.69. The van der Waals surface area contributed by atoms with Crippen LogP contribution in [0.15, 0.2) is 12.7 Å². The highest BCUT2D eigenvalue weighted by Crippen LogP contribution is 2.36. The second-order valence-electron chi connectivity index (χ2n) is 6.27. The van der Waals surface area contributed by atoms with E-state index >= 15 is 0 Å². The molecular formula is C13H25NO2Si. The fraction of sp³-hybridized carbons (Fsp3) is 0.769. The summed E-state index contributed by atoms with van der Waals surface area (Å²) in [6.45, 7) is 15.5. The van der Waals surface area contributed by atoms with Crippen LogP contribution >= 0.6 is 0 Å². The number of rotatable bonds is 5. The molecule has 0 aromatic carbocycles. The van der Waals surface area contributed by atoms with Crippen molar-refractivity contribution in [2.24, 2.45) is 5.92 Å². The molecule has 98 valence electrons. The Hall–Kier alpha value is -0.613. The van der Waals surface area contributed by atoms with Gasteiger partial charge in [0.1, 0.15) is 0 Å². The van der Waals surface area contributed by atoms with E-state index in [0.717, 1.165) is 6.42 Å². The molecule has 1 saturated heterocycles. The summed E-state index contributed by atoms with van der Waals surface area (Å²) in [6.07, 6.45) is 2.60. The van der Waals surface area contributed by atoms with E-state index in [1.54, 1.807) is 6.08 Å². The van der Waals surface area contributed by atoms with Crippen molar-refractivity contribution in [3.8, 4) is 0 Å². The van der Waals surface area contributed by atoms with Crippen LogP contribution in [0.5, 0.6) is 0 Å². The Kier molecular flexibility index (Phi) is 4.20. The van der Waals surface area contributed by atoms with Gasteiger partial charge in [-0.25, -0.2) is 0 Å². The van der Waals surface area contributed by atoms with Gasteiger partial charge in [-0.15, -0.1) is 6.58 Å². The van der Waals surface area contributed by atoms with E-state index in [9.17, 15) is 4.79 Å². The molecule has 0 aromatic rings. The molecule has 0 spiro atoms. The third-order valence-corrected chi connectivity index (χ3v) is 8.57. The first-order valence-corrected chi connectivity index (χ1v) is 9.17.